The van der Waals surface area contributed by atoms with Gasteiger partial charge in [-0.15, -0.1) is 11.6 Å². The first-order valence-electron chi connectivity index (χ1n) is 16.1. The van der Waals surface area contributed by atoms with Crippen molar-refractivity contribution < 1.29 is 24.2 Å². The lowest BCUT2D eigenvalue weighted by Crippen LogP contribution is -2.44. The van der Waals surface area contributed by atoms with E-state index < -0.39 is 0 Å². The number of ether oxygens (including phenoxy) is 2. The van der Waals surface area contributed by atoms with E-state index in [0.717, 1.165) is 21.9 Å². The summed E-state index contributed by atoms with van der Waals surface area (Å²) >= 11 is 6.36. The largest absolute Gasteiger partial charge is 0.507 e. The number of anilines is 1. The minimum absolute atomic E-state index is 0.0452. The average molecular weight is 674 g/mol. The number of aromatic nitrogens is 2. The van der Waals surface area contributed by atoms with E-state index in [9.17, 15) is 14.7 Å². The summed E-state index contributed by atoms with van der Waals surface area (Å²) in [6.45, 7) is 0.991. The maximum absolute atomic E-state index is 13.7. The van der Waals surface area contributed by atoms with Gasteiger partial charge in [0, 0.05) is 54.8 Å². The maximum atomic E-state index is 13.7. The Hall–Kier alpha value is -5.48. The van der Waals surface area contributed by atoms with Gasteiger partial charge in [0.25, 0.3) is 5.91 Å². The van der Waals surface area contributed by atoms with Crippen molar-refractivity contribution in [2.24, 2.45) is 4.99 Å². The first-order chi connectivity index (χ1) is 23.9. The Bertz CT molecular complexity index is 2170. The molecular formula is C38H32ClN5O5. The van der Waals surface area contributed by atoms with Crippen LogP contribution < -0.4 is 14.4 Å². The summed E-state index contributed by atoms with van der Waals surface area (Å²) in [6, 6.07) is 22.4. The number of hydrogen-bond acceptors (Lipinski definition) is 8. The van der Waals surface area contributed by atoms with Gasteiger partial charge >= 0.3 is 0 Å². The molecule has 0 saturated carbocycles. The predicted molar refractivity (Wildman–Crippen MR) is 186 cm³/mol. The molecule has 3 aliphatic heterocycles. The molecule has 2 amide bonds. The number of rotatable bonds is 7. The number of phenols is 1. The fourth-order valence-electron chi connectivity index (χ4n) is 7.10. The quantitative estimate of drug-likeness (QED) is 0.207. The second kappa shape index (κ2) is 12.5. The Morgan fingerprint density at radius 2 is 1.82 bits per heavy atom. The Kier molecular flexibility index (Phi) is 7.88. The van der Waals surface area contributed by atoms with Crippen LogP contribution in [0.25, 0.3) is 10.8 Å². The number of benzene rings is 4. The van der Waals surface area contributed by atoms with Crippen molar-refractivity contribution in [2.75, 3.05) is 24.4 Å². The Morgan fingerprint density at radius 1 is 1.02 bits per heavy atom. The number of aromatic hydroxyl groups is 1. The monoisotopic (exact) mass is 673 g/mol. The number of carbonyl (C=O) groups is 2. The summed E-state index contributed by atoms with van der Waals surface area (Å²) < 4.78 is 11.8. The van der Waals surface area contributed by atoms with Gasteiger partial charge in [0.2, 0.25) is 5.91 Å². The number of amides is 2. The molecule has 4 aromatic carbocycles. The van der Waals surface area contributed by atoms with Crippen LogP contribution in [0.5, 0.6) is 17.2 Å². The first kappa shape index (κ1) is 30.8. The molecular weight excluding hydrogens is 642 g/mol. The van der Waals surface area contributed by atoms with Crippen LogP contribution in [0.4, 0.5) is 11.4 Å². The fraction of sp³-hybridized carbons (Fsp3) is 0.237. The Labute approximate surface area is 287 Å². The molecule has 0 spiro atoms. The van der Waals surface area contributed by atoms with E-state index in [1.165, 1.54) is 12.7 Å². The standard InChI is InChI=1S/C38H32ClN5O5/c1-48-33-13-29-30(41-18-26-12-22-6-2-3-7-23(22)19-43(26)38(29)47)14-34(33)49-21-25-10-11-40-35(42-25)16-36(46)44-20-24(17-39)37-28-9-5-4-8-27(28)32(45)15-31(37)44/h2-11,13-15,18,24,26,45H,12,16-17,19-21H2,1H3/t24-,26+/m1/s1. The van der Waals surface area contributed by atoms with Crippen molar-refractivity contribution in [3.63, 3.8) is 0 Å². The van der Waals surface area contributed by atoms with E-state index >= 15 is 0 Å². The van der Waals surface area contributed by atoms with Crippen LogP contribution in [0, 0.1) is 0 Å². The summed E-state index contributed by atoms with van der Waals surface area (Å²) in [5.41, 5.74) is 5.50. The molecule has 3 aliphatic rings. The highest BCUT2D eigenvalue weighted by molar-refractivity contribution is 6.19. The normalized spacial score (nSPS) is 17.6. The van der Waals surface area contributed by atoms with Gasteiger partial charge in [0.1, 0.15) is 18.2 Å². The van der Waals surface area contributed by atoms with E-state index in [0.29, 0.717) is 65.3 Å². The van der Waals surface area contributed by atoms with Crippen molar-refractivity contribution in [1.29, 1.82) is 0 Å². The Balaban J connectivity index is 0.997. The van der Waals surface area contributed by atoms with Crippen molar-refractivity contribution >= 4 is 51.8 Å². The molecule has 0 bridgehead atoms. The number of alkyl halides is 1. The number of hydrogen-bond donors (Lipinski definition) is 1. The van der Waals surface area contributed by atoms with Gasteiger partial charge in [0.05, 0.1) is 42.2 Å². The molecule has 1 N–H and O–H groups in total. The van der Waals surface area contributed by atoms with Crippen molar-refractivity contribution in [3.8, 4) is 17.2 Å². The van der Waals surface area contributed by atoms with E-state index in [-0.39, 0.29) is 42.6 Å². The third-order valence-corrected chi connectivity index (χ3v) is 9.90. The molecule has 0 radical (unpaired) electrons. The van der Waals surface area contributed by atoms with Gasteiger partial charge in [-0.1, -0.05) is 48.5 Å². The summed E-state index contributed by atoms with van der Waals surface area (Å²) in [6.07, 6.45) is 4.09. The van der Waals surface area contributed by atoms with Crippen LogP contribution in [-0.2, 0) is 30.8 Å². The van der Waals surface area contributed by atoms with Crippen molar-refractivity contribution in [3.05, 3.63) is 113 Å². The van der Waals surface area contributed by atoms with Crippen molar-refractivity contribution in [1.82, 2.24) is 14.9 Å². The first-order valence-corrected chi connectivity index (χ1v) is 16.6. The van der Waals surface area contributed by atoms with Crippen LogP contribution in [0.15, 0.2) is 84.0 Å². The molecule has 0 unspecified atom stereocenters. The molecule has 0 saturated heterocycles. The number of carbonyl (C=O) groups excluding carboxylic acids is 2. The van der Waals surface area contributed by atoms with E-state index in [1.54, 1.807) is 35.4 Å². The van der Waals surface area contributed by atoms with Crippen LogP contribution >= 0.6 is 11.6 Å². The lowest BCUT2D eigenvalue weighted by molar-refractivity contribution is -0.118. The SMILES string of the molecule is COc1cc2c(cc1OCc1ccnc(CC(=O)N3C[C@@H](CCl)c4c3cc(O)c3ccccc43)n1)N=C[C@@H]1Cc3ccccc3CN1C2=O. The minimum Gasteiger partial charge on any atom is -0.507 e. The Morgan fingerprint density at radius 3 is 2.63 bits per heavy atom. The van der Waals surface area contributed by atoms with Gasteiger partial charge in [-0.25, -0.2) is 9.97 Å². The van der Waals surface area contributed by atoms with Crippen LogP contribution in [0.1, 0.15) is 44.5 Å². The van der Waals surface area contributed by atoms with Gasteiger partial charge in [0.15, 0.2) is 11.5 Å². The molecule has 2 atom stereocenters. The lowest BCUT2D eigenvalue weighted by atomic mass is 9.94. The highest BCUT2D eigenvalue weighted by Crippen LogP contribution is 2.45. The molecule has 1 aromatic heterocycles. The second-order valence-corrected chi connectivity index (χ2v) is 12.7. The maximum Gasteiger partial charge on any atom is 0.257 e. The van der Waals surface area contributed by atoms with E-state index in [1.807, 2.05) is 47.5 Å². The van der Waals surface area contributed by atoms with E-state index in [2.05, 4.69) is 22.1 Å². The highest BCUT2D eigenvalue weighted by Gasteiger charge is 2.35. The van der Waals surface area contributed by atoms with Gasteiger partial charge in [-0.05, 0) is 40.6 Å². The van der Waals surface area contributed by atoms with Gasteiger partial charge in [-0.2, -0.15) is 0 Å². The number of halogens is 1. The number of phenolic OH excluding ortho intramolecular Hbond substituents is 1. The number of methoxy groups -OCH3 is 1. The molecule has 4 heterocycles. The minimum atomic E-state index is -0.198. The topological polar surface area (TPSA) is 117 Å². The average Bonchev–Trinajstić information content (AvgIpc) is 3.45. The third kappa shape index (κ3) is 5.51. The number of fused-ring (bicyclic) bond motifs is 6. The molecule has 49 heavy (non-hydrogen) atoms. The fourth-order valence-corrected chi connectivity index (χ4v) is 7.35. The molecule has 8 rings (SSSR count). The molecule has 11 heteroatoms. The molecule has 5 aromatic rings. The van der Waals surface area contributed by atoms with Crippen LogP contribution in [0.3, 0.4) is 0 Å². The zero-order valence-electron chi connectivity index (χ0n) is 26.7. The third-order valence-electron chi connectivity index (χ3n) is 9.53. The number of aliphatic imine (C=N–C) groups is 1. The lowest BCUT2D eigenvalue weighted by Gasteiger charge is -2.34. The molecule has 246 valence electrons. The van der Waals surface area contributed by atoms with Gasteiger partial charge < -0.3 is 24.4 Å². The summed E-state index contributed by atoms with van der Waals surface area (Å²) in [4.78, 5) is 44.5. The van der Waals surface area contributed by atoms with Crippen molar-refractivity contribution in [2.45, 2.75) is 38.0 Å². The molecule has 0 aliphatic carbocycles. The number of nitrogens with zero attached hydrogens (tertiary/aromatic N) is 5. The summed E-state index contributed by atoms with van der Waals surface area (Å²) in [7, 11) is 1.53. The highest BCUT2D eigenvalue weighted by atomic mass is 35.5. The van der Waals surface area contributed by atoms with Crippen LogP contribution in [0.2, 0.25) is 0 Å². The molecule has 0 fully saturated rings. The molecule has 10 nitrogen and oxygen atoms in total. The zero-order valence-corrected chi connectivity index (χ0v) is 27.4. The van der Waals surface area contributed by atoms with E-state index in [4.69, 9.17) is 26.1 Å². The summed E-state index contributed by atoms with van der Waals surface area (Å²) in [5.74, 6) is 1.24. The second-order valence-electron chi connectivity index (χ2n) is 12.4. The zero-order chi connectivity index (χ0) is 33.6. The summed E-state index contributed by atoms with van der Waals surface area (Å²) in [5, 5.41) is 12.4. The van der Waals surface area contributed by atoms with Crippen LogP contribution in [-0.4, -0.2) is 63.6 Å². The van der Waals surface area contributed by atoms with Gasteiger partial charge in [-0.3, -0.25) is 14.6 Å². The smallest absolute Gasteiger partial charge is 0.257 e. The predicted octanol–water partition coefficient (Wildman–Crippen LogP) is 6.12.